The molecule has 0 radical (unpaired) electrons. The van der Waals surface area contributed by atoms with Gasteiger partial charge in [-0.2, -0.15) is 0 Å². The molecule has 1 aromatic heterocycles. The van der Waals surface area contributed by atoms with Crippen molar-refractivity contribution in [3.63, 3.8) is 0 Å². The average molecular weight is 296 g/mol. The minimum Gasteiger partial charge on any atom is -0.389 e. The molecular formula is C13H14ClN3OS. The maximum absolute atomic E-state index is 5.94. The van der Waals surface area contributed by atoms with E-state index in [4.69, 9.17) is 34.1 Å². The Kier molecular flexibility index (Phi) is 4.07. The summed E-state index contributed by atoms with van der Waals surface area (Å²) in [5.74, 6) is 0.802. The molecule has 0 bridgehead atoms. The van der Waals surface area contributed by atoms with Gasteiger partial charge in [-0.1, -0.05) is 29.0 Å². The van der Waals surface area contributed by atoms with Crippen molar-refractivity contribution in [1.29, 1.82) is 0 Å². The third kappa shape index (κ3) is 3.05. The molecule has 0 aliphatic heterocycles. The molecule has 19 heavy (non-hydrogen) atoms. The number of hydrogen-bond donors (Lipinski definition) is 2. The van der Waals surface area contributed by atoms with Gasteiger partial charge in [0, 0.05) is 28.4 Å². The van der Waals surface area contributed by atoms with E-state index in [9.17, 15) is 0 Å². The monoisotopic (exact) mass is 295 g/mol. The van der Waals surface area contributed by atoms with Gasteiger partial charge in [-0.25, -0.2) is 0 Å². The predicted molar refractivity (Wildman–Crippen MR) is 80.6 cm³/mol. The lowest BCUT2D eigenvalue weighted by Crippen LogP contribution is -2.13. The van der Waals surface area contributed by atoms with Gasteiger partial charge in [-0.05, 0) is 32.0 Å². The molecule has 3 N–H and O–H groups in total. The minimum absolute atomic E-state index is 0.309. The molecule has 0 spiro atoms. The fourth-order valence-electron chi connectivity index (χ4n) is 1.81. The quantitative estimate of drug-likeness (QED) is 0.848. The number of aryl methyl sites for hydroxylation is 2. The van der Waals surface area contributed by atoms with Crippen LogP contribution < -0.4 is 11.1 Å². The third-order valence-corrected chi connectivity index (χ3v) is 3.34. The van der Waals surface area contributed by atoms with Gasteiger partial charge >= 0.3 is 0 Å². The molecule has 4 nitrogen and oxygen atoms in total. The summed E-state index contributed by atoms with van der Waals surface area (Å²) in [4.78, 5) is 0.309. The van der Waals surface area contributed by atoms with E-state index in [1.807, 2.05) is 19.9 Å². The maximum atomic E-state index is 5.94. The summed E-state index contributed by atoms with van der Waals surface area (Å²) >= 11 is 11.0. The first-order valence-corrected chi connectivity index (χ1v) is 6.52. The number of aromatic nitrogens is 1. The SMILES string of the molecule is Cc1noc(C)c1CNc1ccc(Cl)cc1C(N)=S. The van der Waals surface area contributed by atoms with Gasteiger partial charge in [0.05, 0.1) is 5.69 Å². The number of halogens is 1. The van der Waals surface area contributed by atoms with Crippen LogP contribution in [0.25, 0.3) is 0 Å². The highest BCUT2D eigenvalue weighted by molar-refractivity contribution is 7.80. The zero-order valence-corrected chi connectivity index (χ0v) is 12.2. The van der Waals surface area contributed by atoms with E-state index in [1.165, 1.54) is 0 Å². The van der Waals surface area contributed by atoms with Crippen LogP contribution in [0.2, 0.25) is 5.02 Å². The van der Waals surface area contributed by atoms with E-state index in [1.54, 1.807) is 12.1 Å². The Labute approximate surface area is 121 Å². The molecule has 0 aliphatic rings. The molecule has 2 rings (SSSR count). The molecule has 0 atom stereocenters. The lowest BCUT2D eigenvalue weighted by molar-refractivity contribution is 0.392. The molecule has 0 saturated heterocycles. The van der Waals surface area contributed by atoms with E-state index in [0.717, 1.165) is 28.3 Å². The van der Waals surface area contributed by atoms with Crippen LogP contribution in [-0.2, 0) is 6.54 Å². The molecule has 0 saturated carbocycles. The average Bonchev–Trinajstić information content (AvgIpc) is 2.68. The highest BCUT2D eigenvalue weighted by Gasteiger charge is 2.11. The lowest BCUT2D eigenvalue weighted by atomic mass is 10.1. The fourth-order valence-corrected chi connectivity index (χ4v) is 2.15. The zero-order valence-electron chi connectivity index (χ0n) is 10.7. The van der Waals surface area contributed by atoms with Crippen molar-refractivity contribution in [3.8, 4) is 0 Å². The van der Waals surface area contributed by atoms with E-state index < -0.39 is 0 Å². The molecule has 0 amide bonds. The molecule has 100 valence electrons. The number of anilines is 1. The summed E-state index contributed by atoms with van der Waals surface area (Å²) in [5.41, 5.74) is 9.17. The van der Waals surface area contributed by atoms with Crippen molar-refractivity contribution in [1.82, 2.24) is 5.16 Å². The first kappa shape index (κ1) is 13.8. The second kappa shape index (κ2) is 5.59. The smallest absolute Gasteiger partial charge is 0.138 e. The maximum Gasteiger partial charge on any atom is 0.138 e. The van der Waals surface area contributed by atoms with Crippen molar-refractivity contribution in [2.24, 2.45) is 5.73 Å². The predicted octanol–water partition coefficient (Wildman–Crippen LogP) is 3.19. The summed E-state index contributed by atoms with van der Waals surface area (Å²) in [5, 5.41) is 7.80. The Morgan fingerprint density at radius 1 is 1.47 bits per heavy atom. The Morgan fingerprint density at radius 3 is 2.79 bits per heavy atom. The second-order valence-electron chi connectivity index (χ2n) is 4.21. The molecule has 1 aromatic carbocycles. The number of thiocarbonyl (C=S) groups is 1. The number of nitrogens with zero attached hydrogens (tertiary/aromatic N) is 1. The van der Waals surface area contributed by atoms with Crippen LogP contribution in [0.4, 0.5) is 5.69 Å². The van der Waals surface area contributed by atoms with Crippen molar-refractivity contribution in [2.45, 2.75) is 20.4 Å². The summed E-state index contributed by atoms with van der Waals surface area (Å²) in [7, 11) is 0. The van der Waals surface area contributed by atoms with Gasteiger partial charge in [0.1, 0.15) is 10.7 Å². The topological polar surface area (TPSA) is 64.1 Å². The van der Waals surface area contributed by atoms with Crippen LogP contribution >= 0.6 is 23.8 Å². The van der Waals surface area contributed by atoms with Gasteiger partial charge in [-0.15, -0.1) is 0 Å². The summed E-state index contributed by atoms with van der Waals surface area (Å²) in [6.45, 7) is 4.38. The summed E-state index contributed by atoms with van der Waals surface area (Å²) in [6, 6.07) is 5.40. The standard InChI is InChI=1S/C13H14ClN3OS/c1-7-11(8(2)18-17-7)6-16-12-4-3-9(14)5-10(12)13(15)19/h3-5,16H,6H2,1-2H3,(H2,15,19). The lowest BCUT2D eigenvalue weighted by Gasteiger charge is -2.11. The van der Waals surface area contributed by atoms with Crippen molar-refractivity contribution in [2.75, 3.05) is 5.32 Å². The fraction of sp³-hybridized carbons (Fsp3) is 0.231. The number of hydrogen-bond acceptors (Lipinski definition) is 4. The normalized spacial score (nSPS) is 10.5. The van der Waals surface area contributed by atoms with Crippen LogP contribution in [0, 0.1) is 13.8 Å². The van der Waals surface area contributed by atoms with Crippen LogP contribution in [0.1, 0.15) is 22.6 Å². The Morgan fingerprint density at radius 2 is 2.21 bits per heavy atom. The number of nitrogens with two attached hydrogens (primary N) is 1. The summed E-state index contributed by atoms with van der Waals surface area (Å²) < 4.78 is 5.12. The molecule has 0 aliphatic carbocycles. The molecular weight excluding hydrogens is 282 g/mol. The first-order chi connectivity index (χ1) is 8.99. The van der Waals surface area contributed by atoms with E-state index in [-0.39, 0.29) is 0 Å². The van der Waals surface area contributed by atoms with Crippen molar-refractivity contribution >= 4 is 34.5 Å². The van der Waals surface area contributed by atoms with E-state index in [2.05, 4.69) is 10.5 Å². The van der Waals surface area contributed by atoms with E-state index >= 15 is 0 Å². The third-order valence-electron chi connectivity index (χ3n) is 2.88. The number of nitrogens with one attached hydrogen (secondary N) is 1. The molecule has 1 heterocycles. The largest absolute Gasteiger partial charge is 0.389 e. The van der Waals surface area contributed by atoms with Gasteiger partial charge in [-0.3, -0.25) is 0 Å². The minimum atomic E-state index is 0.309. The van der Waals surface area contributed by atoms with Crippen LogP contribution in [-0.4, -0.2) is 10.1 Å². The zero-order chi connectivity index (χ0) is 14.0. The molecule has 0 fully saturated rings. The highest BCUT2D eigenvalue weighted by atomic mass is 35.5. The van der Waals surface area contributed by atoms with Crippen molar-refractivity contribution in [3.05, 3.63) is 45.8 Å². The molecule has 0 unspecified atom stereocenters. The first-order valence-electron chi connectivity index (χ1n) is 5.74. The van der Waals surface area contributed by atoms with Crippen LogP contribution in [0.3, 0.4) is 0 Å². The Balaban J connectivity index is 2.23. The van der Waals surface area contributed by atoms with Crippen LogP contribution in [0.15, 0.2) is 22.7 Å². The molecule has 2 aromatic rings. The second-order valence-corrected chi connectivity index (χ2v) is 5.09. The van der Waals surface area contributed by atoms with Crippen LogP contribution in [0.5, 0.6) is 0 Å². The van der Waals surface area contributed by atoms with E-state index in [0.29, 0.717) is 16.6 Å². The van der Waals surface area contributed by atoms with Gasteiger partial charge in [0.15, 0.2) is 0 Å². The number of benzene rings is 1. The molecule has 6 heteroatoms. The Hall–Kier alpha value is -1.59. The van der Waals surface area contributed by atoms with Gasteiger partial charge < -0.3 is 15.6 Å². The highest BCUT2D eigenvalue weighted by Crippen LogP contribution is 2.22. The van der Waals surface area contributed by atoms with Gasteiger partial charge in [0.2, 0.25) is 0 Å². The Bertz CT molecular complexity index is 605. The number of rotatable bonds is 4. The van der Waals surface area contributed by atoms with Gasteiger partial charge in [0.25, 0.3) is 0 Å². The van der Waals surface area contributed by atoms with Crippen molar-refractivity contribution < 1.29 is 4.52 Å². The summed E-state index contributed by atoms with van der Waals surface area (Å²) in [6.07, 6.45) is 0.